The highest BCUT2D eigenvalue weighted by molar-refractivity contribution is 5.90. The molecule has 0 aromatic rings. The van der Waals surface area contributed by atoms with E-state index in [4.69, 9.17) is 5.11 Å². The Hall–Kier alpha value is -1.25. The lowest BCUT2D eigenvalue weighted by Gasteiger charge is -1.92. The Kier molecular flexibility index (Phi) is 8.94. The number of hydrogen-bond donors (Lipinski definition) is 2. The third kappa shape index (κ3) is 6.75. The fraction of sp³-hybridized carbons (Fsp3) is 0.286. The van der Waals surface area contributed by atoms with Gasteiger partial charge in [-0.3, -0.25) is 4.79 Å². The van der Waals surface area contributed by atoms with Crippen molar-refractivity contribution < 1.29 is 9.90 Å². The number of rotatable bonds is 2. The summed E-state index contributed by atoms with van der Waals surface area (Å²) in [4.78, 5) is 10.2. The molecule has 1 amide bonds. The van der Waals surface area contributed by atoms with Gasteiger partial charge in [0.05, 0.1) is 0 Å². The van der Waals surface area contributed by atoms with Crippen LogP contribution in [0.25, 0.3) is 0 Å². The van der Waals surface area contributed by atoms with Crippen molar-refractivity contribution in [1.29, 1.82) is 0 Å². The van der Waals surface area contributed by atoms with Gasteiger partial charge in [-0.05, 0) is 6.20 Å². The Bertz CT molecular complexity index is 130. The predicted molar refractivity (Wildman–Crippen MR) is 41.5 cm³/mol. The second kappa shape index (κ2) is 7.75. The van der Waals surface area contributed by atoms with Crippen molar-refractivity contribution in [3.05, 3.63) is 25.1 Å². The highest BCUT2D eigenvalue weighted by Crippen LogP contribution is 1.78. The van der Waals surface area contributed by atoms with Crippen molar-refractivity contribution in [3.8, 4) is 0 Å². The fourth-order valence-corrected chi connectivity index (χ4v) is 0.176. The molecule has 2 N–H and O–H groups in total. The van der Waals surface area contributed by atoms with Crippen LogP contribution in [-0.4, -0.2) is 11.0 Å². The summed E-state index contributed by atoms with van der Waals surface area (Å²) in [5.74, 6) is -1.13. The summed E-state index contributed by atoms with van der Waals surface area (Å²) >= 11 is 0. The summed E-state index contributed by atoms with van der Waals surface area (Å²) in [7, 11) is 0. The summed E-state index contributed by atoms with van der Waals surface area (Å²) in [6, 6.07) is 0. The summed E-state index contributed by atoms with van der Waals surface area (Å²) in [6.07, 6.45) is 1.17. The number of hydrogen-bond acceptors (Lipinski definition) is 2. The van der Waals surface area contributed by atoms with E-state index in [0.29, 0.717) is 0 Å². The van der Waals surface area contributed by atoms with Crippen LogP contribution in [-0.2, 0) is 4.79 Å². The van der Waals surface area contributed by atoms with E-state index in [1.165, 1.54) is 6.20 Å². The molecule has 0 rings (SSSR count). The van der Waals surface area contributed by atoms with Crippen molar-refractivity contribution in [1.82, 2.24) is 5.32 Å². The van der Waals surface area contributed by atoms with E-state index in [9.17, 15) is 4.79 Å². The van der Waals surface area contributed by atoms with Crippen LogP contribution in [0.3, 0.4) is 0 Å². The number of nitrogens with one attached hydrogen (secondary N) is 1. The molecule has 0 atom stereocenters. The lowest BCUT2D eigenvalue weighted by atomic mass is 10.5. The second-order valence-electron chi connectivity index (χ2n) is 1.12. The number of aliphatic hydroxyl groups is 1. The topological polar surface area (TPSA) is 49.3 Å². The smallest absolute Gasteiger partial charge is 0.289 e. The van der Waals surface area contributed by atoms with Crippen LogP contribution in [0.4, 0.5) is 0 Å². The first-order valence-corrected chi connectivity index (χ1v) is 2.98. The molecule has 0 aromatic heterocycles. The fourth-order valence-electron chi connectivity index (χ4n) is 0.176. The molecule has 10 heavy (non-hydrogen) atoms. The Balaban J connectivity index is 0. The molecule has 0 aliphatic carbocycles. The van der Waals surface area contributed by atoms with Crippen LogP contribution in [0, 0.1) is 0 Å². The van der Waals surface area contributed by atoms with E-state index in [1.54, 1.807) is 0 Å². The second-order valence-corrected chi connectivity index (χ2v) is 1.12. The molecule has 0 aliphatic heterocycles. The first-order valence-electron chi connectivity index (χ1n) is 2.98. The van der Waals surface area contributed by atoms with Crippen molar-refractivity contribution in [2.75, 3.05) is 0 Å². The molecule has 3 nitrogen and oxygen atoms in total. The van der Waals surface area contributed by atoms with Gasteiger partial charge in [-0.15, -0.1) is 0 Å². The van der Waals surface area contributed by atoms with Gasteiger partial charge in [0.25, 0.3) is 5.91 Å². The zero-order valence-corrected chi connectivity index (χ0v) is 6.35. The molecule has 0 spiro atoms. The Labute approximate surface area is 61.1 Å². The lowest BCUT2D eigenvalue weighted by Crippen LogP contribution is -2.17. The van der Waals surface area contributed by atoms with Crippen molar-refractivity contribution in [2.24, 2.45) is 0 Å². The summed E-state index contributed by atoms with van der Waals surface area (Å²) in [5.41, 5.74) is 0. The maximum absolute atomic E-state index is 10.2. The van der Waals surface area contributed by atoms with E-state index in [1.807, 2.05) is 13.8 Å². The van der Waals surface area contributed by atoms with E-state index in [-0.39, 0.29) is 0 Å². The predicted octanol–water partition coefficient (Wildman–Crippen LogP) is 1.34. The van der Waals surface area contributed by atoms with Gasteiger partial charge in [-0.1, -0.05) is 27.0 Å². The van der Waals surface area contributed by atoms with Gasteiger partial charge in [-0.25, -0.2) is 0 Å². The van der Waals surface area contributed by atoms with Gasteiger partial charge in [0, 0.05) is 0 Å². The molecule has 0 radical (unpaired) electrons. The maximum Gasteiger partial charge on any atom is 0.289 e. The lowest BCUT2D eigenvalue weighted by molar-refractivity contribution is -0.118. The average Bonchev–Trinajstić information content (AvgIpc) is 1.93. The summed E-state index contributed by atoms with van der Waals surface area (Å²) < 4.78 is 0. The molecule has 0 bridgehead atoms. The molecule has 0 saturated heterocycles. The molecule has 58 valence electrons. The van der Waals surface area contributed by atoms with Gasteiger partial charge in [0.2, 0.25) is 0 Å². The van der Waals surface area contributed by atoms with E-state index in [2.05, 4.69) is 18.5 Å². The maximum atomic E-state index is 10.2. The zero-order valence-electron chi connectivity index (χ0n) is 6.35. The van der Waals surface area contributed by atoms with Crippen molar-refractivity contribution in [2.45, 2.75) is 13.8 Å². The van der Waals surface area contributed by atoms with E-state index >= 15 is 0 Å². The number of carbonyl (C=O) groups is 1. The number of aliphatic hydroxyl groups excluding tert-OH is 1. The first kappa shape index (κ1) is 11.5. The standard InChI is InChI=1S/C5H7NO2.C2H6/c1-3-6-5(8)4(2)7;1-2/h3,7H,1-2H2,(H,6,8);1-2H3. The third-order valence-corrected chi connectivity index (χ3v) is 0.495. The van der Waals surface area contributed by atoms with Crippen LogP contribution in [0.15, 0.2) is 25.1 Å². The van der Waals surface area contributed by atoms with Gasteiger partial charge in [0.15, 0.2) is 5.76 Å². The molecule has 3 heteroatoms. The number of amides is 1. The molecule has 0 aromatic carbocycles. The molecule has 0 heterocycles. The first-order chi connectivity index (χ1) is 4.68. The minimum atomic E-state index is -0.625. The highest BCUT2D eigenvalue weighted by atomic mass is 16.3. The SMILES string of the molecule is C=CNC(=O)C(=C)O.CC. The Morgan fingerprint density at radius 2 is 2.00 bits per heavy atom. The average molecular weight is 143 g/mol. The van der Waals surface area contributed by atoms with Gasteiger partial charge >= 0.3 is 0 Å². The minimum absolute atomic E-state index is 0.509. The van der Waals surface area contributed by atoms with Gasteiger partial charge < -0.3 is 10.4 Å². The molecule has 0 aliphatic rings. The molecule has 0 unspecified atom stereocenters. The van der Waals surface area contributed by atoms with Crippen LogP contribution in [0.1, 0.15) is 13.8 Å². The van der Waals surface area contributed by atoms with Crippen LogP contribution in [0.2, 0.25) is 0 Å². The summed E-state index contributed by atoms with van der Waals surface area (Å²) in [6.45, 7) is 10.2. The quantitative estimate of drug-likeness (QED) is 0.452. The largest absolute Gasteiger partial charge is 0.503 e. The van der Waals surface area contributed by atoms with E-state index < -0.39 is 11.7 Å². The minimum Gasteiger partial charge on any atom is -0.503 e. The normalized spacial score (nSPS) is 6.60. The van der Waals surface area contributed by atoms with Crippen LogP contribution in [0.5, 0.6) is 0 Å². The van der Waals surface area contributed by atoms with Crippen molar-refractivity contribution >= 4 is 5.91 Å². The Morgan fingerprint density at radius 3 is 2.10 bits per heavy atom. The third-order valence-electron chi connectivity index (χ3n) is 0.495. The van der Waals surface area contributed by atoms with Crippen LogP contribution >= 0.6 is 0 Å². The van der Waals surface area contributed by atoms with Gasteiger partial charge in [0.1, 0.15) is 0 Å². The molecule has 0 fully saturated rings. The van der Waals surface area contributed by atoms with Crippen LogP contribution < -0.4 is 5.32 Å². The monoisotopic (exact) mass is 143 g/mol. The molecular formula is C7H13NO2. The molecular weight excluding hydrogens is 130 g/mol. The van der Waals surface area contributed by atoms with Gasteiger partial charge in [-0.2, -0.15) is 0 Å². The zero-order chi connectivity index (χ0) is 8.57. The number of carbonyl (C=O) groups excluding carboxylic acids is 1. The summed E-state index contributed by atoms with van der Waals surface area (Å²) in [5, 5.41) is 10.4. The van der Waals surface area contributed by atoms with Crippen molar-refractivity contribution in [3.63, 3.8) is 0 Å². The highest BCUT2D eigenvalue weighted by Gasteiger charge is 1.97. The van der Waals surface area contributed by atoms with E-state index in [0.717, 1.165) is 0 Å². The Morgan fingerprint density at radius 1 is 1.60 bits per heavy atom. The molecule has 0 saturated carbocycles.